The van der Waals surface area contributed by atoms with Crippen LogP contribution in [0.3, 0.4) is 0 Å². The largest absolute Gasteiger partial charge is 0.492 e. The summed E-state index contributed by atoms with van der Waals surface area (Å²) < 4.78 is 20.4. The van der Waals surface area contributed by atoms with Crippen molar-refractivity contribution in [2.45, 2.75) is 19.3 Å². The zero-order chi connectivity index (χ0) is 19.5. The maximum Gasteiger partial charge on any atom is 0.274 e. The fourth-order valence-corrected chi connectivity index (χ4v) is 3.51. The van der Waals surface area contributed by atoms with Crippen molar-refractivity contribution in [3.63, 3.8) is 0 Å². The van der Waals surface area contributed by atoms with E-state index in [0.717, 1.165) is 36.2 Å². The molecule has 0 radical (unpaired) electrons. The molecule has 144 valence electrons. The first-order chi connectivity index (χ1) is 13.6. The van der Waals surface area contributed by atoms with Crippen LogP contribution < -0.4 is 4.74 Å². The van der Waals surface area contributed by atoms with Gasteiger partial charge in [-0.3, -0.25) is 4.79 Å². The maximum absolute atomic E-state index is 13.0. The van der Waals surface area contributed by atoms with Crippen molar-refractivity contribution >= 4 is 5.91 Å². The van der Waals surface area contributed by atoms with Crippen LogP contribution in [0.5, 0.6) is 5.75 Å². The van der Waals surface area contributed by atoms with Crippen LogP contribution in [0.1, 0.15) is 28.2 Å². The first-order valence-electron chi connectivity index (χ1n) is 9.43. The number of fused-ring (bicyclic) bond motifs is 1. The summed E-state index contributed by atoms with van der Waals surface area (Å²) in [5.41, 5.74) is 3.69. The molecule has 0 saturated heterocycles. The number of aromatic nitrogens is 2. The molecule has 0 unspecified atom stereocenters. The number of carbonyl (C=O) groups is 1. The highest BCUT2D eigenvalue weighted by Crippen LogP contribution is 2.28. The third kappa shape index (κ3) is 3.63. The summed E-state index contributed by atoms with van der Waals surface area (Å²) in [6.07, 6.45) is 2.85. The Bertz CT molecular complexity index is 967. The lowest BCUT2D eigenvalue weighted by Gasteiger charge is -2.17. The molecule has 0 bridgehead atoms. The van der Waals surface area contributed by atoms with Crippen molar-refractivity contribution in [2.24, 2.45) is 0 Å². The van der Waals surface area contributed by atoms with Crippen LogP contribution in [0.2, 0.25) is 0 Å². The number of likely N-dealkylation sites (N-methyl/N-ethyl adjacent to an activating group) is 1. The van der Waals surface area contributed by atoms with Crippen molar-refractivity contribution in [1.82, 2.24) is 14.7 Å². The van der Waals surface area contributed by atoms with E-state index in [1.165, 1.54) is 12.1 Å². The minimum absolute atomic E-state index is 0.101. The average molecular weight is 379 g/mol. The van der Waals surface area contributed by atoms with Gasteiger partial charge in [0.05, 0.1) is 12.2 Å². The van der Waals surface area contributed by atoms with Gasteiger partial charge in [0.15, 0.2) is 5.69 Å². The Kier molecular flexibility index (Phi) is 5.10. The quantitative estimate of drug-likeness (QED) is 0.657. The normalized spacial score (nSPS) is 12.6. The van der Waals surface area contributed by atoms with E-state index >= 15 is 0 Å². The van der Waals surface area contributed by atoms with E-state index in [1.807, 2.05) is 35.0 Å². The van der Waals surface area contributed by atoms with Gasteiger partial charge in [0, 0.05) is 18.3 Å². The molecule has 1 aromatic heterocycles. The lowest BCUT2D eigenvalue weighted by Crippen LogP contribution is -2.31. The van der Waals surface area contributed by atoms with Crippen LogP contribution in [0.4, 0.5) is 4.39 Å². The fraction of sp³-hybridized carbons (Fsp3) is 0.273. The topological polar surface area (TPSA) is 47.4 Å². The van der Waals surface area contributed by atoms with Gasteiger partial charge in [0.2, 0.25) is 0 Å². The molecule has 1 heterocycles. The zero-order valence-electron chi connectivity index (χ0n) is 15.8. The van der Waals surface area contributed by atoms with Gasteiger partial charge in [0.25, 0.3) is 5.91 Å². The number of hydrogen-bond donors (Lipinski definition) is 0. The van der Waals surface area contributed by atoms with Crippen LogP contribution in [-0.4, -0.2) is 40.8 Å². The van der Waals surface area contributed by atoms with Gasteiger partial charge < -0.3 is 9.64 Å². The van der Waals surface area contributed by atoms with Gasteiger partial charge in [-0.05, 0) is 55.7 Å². The number of halogens is 1. The molecule has 0 aliphatic heterocycles. The highest BCUT2D eigenvalue weighted by Gasteiger charge is 2.28. The summed E-state index contributed by atoms with van der Waals surface area (Å²) in [6, 6.07) is 15.8. The predicted octanol–water partition coefficient (Wildman–Crippen LogP) is 3.65. The van der Waals surface area contributed by atoms with Crippen LogP contribution in [-0.2, 0) is 12.8 Å². The number of amides is 1. The van der Waals surface area contributed by atoms with Gasteiger partial charge in [-0.1, -0.05) is 18.2 Å². The number of benzene rings is 2. The van der Waals surface area contributed by atoms with E-state index < -0.39 is 0 Å². The molecule has 5 nitrogen and oxygen atoms in total. The van der Waals surface area contributed by atoms with Crippen molar-refractivity contribution in [3.05, 3.63) is 77.4 Å². The Morgan fingerprint density at radius 1 is 1.14 bits per heavy atom. The van der Waals surface area contributed by atoms with Crippen LogP contribution in [0.25, 0.3) is 5.69 Å². The third-order valence-electron chi connectivity index (χ3n) is 4.99. The molecule has 2 aromatic carbocycles. The molecule has 1 amide bonds. The molecular weight excluding hydrogens is 357 g/mol. The number of ether oxygens (including phenoxy) is 1. The first-order valence-corrected chi connectivity index (χ1v) is 9.43. The van der Waals surface area contributed by atoms with E-state index in [-0.39, 0.29) is 11.7 Å². The second-order valence-electron chi connectivity index (χ2n) is 6.90. The number of carbonyl (C=O) groups excluding carboxylic acids is 1. The lowest BCUT2D eigenvalue weighted by atomic mass is 10.2. The standard InChI is InChI=1S/C22H22FN3O2/c1-25(14-15-28-18-12-10-16(23)11-13-18)22(27)21-19-8-5-9-20(19)26(24-21)17-6-3-2-4-7-17/h2-4,6-7,10-13H,5,8-9,14-15H2,1H3. The second-order valence-corrected chi connectivity index (χ2v) is 6.90. The van der Waals surface area contributed by atoms with E-state index in [0.29, 0.717) is 24.6 Å². The number of para-hydroxylation sites is 1. The Hall–Kier alpha value is -3.15. The molecule has 0 saturated carbocycles. The fourth-order valence-electron chi connectivity index (χ4n) is 3.51. The SMILES string of the molecule is CN(CCOc1ccc(F)cc1)C(=O)c1nn(-c2ccccc2)c2c1CCC2. The van der Waals surface area contributed by atoms with Gasteiger partial charge >= 0.3 is 0 Å². The molecule has 1 aliphatic carbocycles. The summed E-state index contributed by atoms with van der Waals surface area (Å²) in [4.78, 5) is 14.6. The van der Waals surface area contributed by atoms with E-state index in [4.69, 9.17) is 4.74 Å². The Morgan fingerprint density at radius 3 is 2.64 bits per heavy atom. The Labute approximate surface area is 163 Å². The van der Waals surface area contributed by atoms with Crippen molar-refractivity contribution < 1.29 is 13.9 Å². The summed E-state index contributed by atoms with van der Waals surface area (Å²) >= 11 is 0. The average Bonchev–Trinajstić information content (AvgIpc) is 3.32. The van der Waals surface area contributed by atoms with Crippen molar-refractivity contribution in [1.29, 1.82) is 0 Å². The highest BCUT2D eigenvalue weighted by molar-refractivity contribution is 5.94. The van der Waals surface area contributed by atoms with Crippen molar-refractivity contribution in [2.75, 3.05) is 20.2 Å². The molecule has 4 rings (SSSR count). The predicted molar refractivity (Wildman–Crippen MR) is 104 cm³/mol. The molecule has 0 atom stereocenters. The van der Waals surface area contributed by atoms with Crippen LogP contribution in [0, 0.1) is 5.82 Å². The summed E-state index contributed by atoms with van der Waals surface area (Å²) in [7, 11) is 1.75. The molecule has 28 heavy (non-hydrogen) atoms. The van der Waals surface area contributed by atoms with E-state index in [9.17, 15) is 9.18 Å². The minimum atomic E-state index is -0.303. The third-order valence-corrected chi connectivity index (χ3v) is 4.99. The van der Waals surface area contributed by atoms with Gasteiger partial charge in [-0.25, -0.2) is 9.07 Å². The van der Waals surface area contributed by atoms with Crippen LogP contribution in [0.15, 0.2) is 54.6 Å². The second kappa shape index (κ2) is 7.84. The lowest BCUT2D eigenvalue weighted by molar-refractivity contribution is 0.0766. The molecular formula is C22H22FN3O2. The van der Waals surface area contributed by atoms with Crippen molar-refractivity contribution in [3.8, 4) is 11.4 Å². The summed E-state index contributed by atoms with van der Waals surface area (Å²) in [5.74, 6) is 0.175. The van der Waals surface area contributed by atoms with Gasteiger partial charge in [-0.2, -0.15) is 5.10 Å². The van der Waals surface area contributed by atoms with Gasteiger partial charge in [-0.15, -0.1) is 0 Å². The molecule has 1 aliphatic rings. The molecule has 6 heteroatoms. The maximum atomic E-state index is 13.0. The smallest absolute Gasteiger partial charge is 0.274 e. The monoisotopic (exact) mass is 379 g/mol. The first kappa shape index (κ1) is 18.2. The van der Waals surface area contributed by atoms with E-state index in [2.05, 4.69) is 5.10 Å². The number of rotatable bonds is 6. The molecule has 0 fully saturated rings. The summed E-state index contributed by atoms with van der Waals surface area (Å²) in [5, 5.41) is 4.64. The number of nitrogens with zero attached hydrogens (tertiary/aromatic N) is 3. The summed E-state index contributed by atoms with van der Waals surface area (Å²) in [6.45, 7) is 0.749. The Balaban J connectivity index is 1.46. The Morgan fingerprint density at radius 2 is 1.89 bits per heavy atom. The zero-order valence-corrected chi connectivity index (χ0v) is 15.8. The minimum Gasteiger partial charge on any atom is -0.492 e. The van der Waals surface area contributed by atoms with E-state index in [1.54, 1.807) is 24.1 Å². The molecule has 0 spiro atoms. The molecule has 0 N–H and O–H groups in total. The number of hydrogen-bond acceptors (Lipinski definition) is 3. The van der Waals surface area contributed by atoms with Gasteiger partial charge in [0.1, 0.15) is 18.2 Å². The highest BCUT2D eigenvalue weighted by atomic mass is 19.1. The molecule has 3 aromatic rings. The van der Waals surface area contributed by atoms with Crippen LogP contribution >= 0.6 is 0 Å².